The molecule has 1 aliphatic carbocycles. The molecule has 6 nitrogen and oxygen atoms in total. The van der Waals surface area contributed by atoms with Gasteiger partial charge < -0.3 is 19.9 Å². The highest BCUT2D eigenvalue weighted by Crippen LogP contribution is 2.45. The van der Waals surface area contributed by atoms with E-state index in [4.69, 9.17) is 19.9 Å². The molecule has 1 heterocycles. The number of ketones is 1. The monoisotopic (exact) mass is 735 g/mol. The number of carbonyl (C=O) groups excluding carboxylic acids is 2. The highest BCUT2D eigenvalue weighted by Gasteiger charge is 2.41. The van der Waals surface area contributed by atoms with Crippen molar-refractivity contribution in [3.63, 3.8) is 0 Å². The lowest BCUT2D eigenvalue weighted by molar-refractivity contribution is -0.136. The van der Waals surface area contributed by atoms with E-state index in [-0.39, 0.29) is 17.2 Å². The maximum atomic E-state index is 12.9. The molecule has 2 aliphatic rings. The summed E-state index contributed by atoms with van der Waals surface area (Å²) in [6.07, 6.45) is 1.72. The van der Waals surface area contributed by atoms with Gasteiger partial charge in [-0.25, -0.2) is 4.79 Å². The lowest BCUT2D eigenvalue weighted by Gasteiger charge is -2.32. The lowest BCUT2D eigenvalue weighted by Crippen LogP contribution is -2.31. The van der Waals surface area contributed by atoms with Gasteiger partial charge in [-0.1, -0.05) is 28.1 Å². The van der Waals surface area contributed by atoms with Crippen molar-refractivity contribution in [2.75, 3.05) is 7.11 Å². The zero-order valence-corrected chi connectivity index (χ0v) is 23.5. The van der Waals surface area contributed by atoms with Crippen molar-refractivity contribution in [2.45, 2.75) is 31.8 Å². The molecule has 0 bridgehead atoms. The smallest absolute Gasteiger partial charge is 0.340 e. The summed E-state index contributed by atoms with van der Waals surface area (Å²) >= 11 is 7.87. The third kappa shape index (κ3) is 5.09. The second kappa shape index (κ2) is 10.3. The summed E-state index contributed by atoms with van der Waals surface area (Å²) in [7, 11) is 1.29. The highest BCUT2D eigenvalue weighted by atomic mass is 127. The number of hydrogen-bond donors (Lipinski definition) is 1. The van der Waals surface area contributed by atoms with Crippen LogP contribution in [-0.2, 0) is 25.7 Å². The molecule has 0 spiro atoms. The average molecular weight is 736 g/mol. The van der Waals surface area contributed by atoms with Gasteiger partial charge in [0.15, 0.2) is 5.78 Å². The number of hydrogen-bond acceptors (Lipinski definition) is 6. The number of allylic oxidation sites excluding steroid dienone is 2. The number of Topliss-reactive ketones (excluding diaryl/α,β-unsaturated/α-hetero) is 1. The Labute approximate surface area is 227 Å². The highest BCUT2D eigenvalue weighted by molar-refractivity contribution is 14.1. The molecule has 4 rings (SSSR count). The molecule has 0 saturated heterocycles. The quantitative estimate of drug-likeness (QED) is 0.313. The fourth-order valence-electron chi connectivity index (χ4n) is 4.02. The molecule has 0 saturated carbocycles. The SMILES string of the molecule is COC(=O)C1=C(N)OC2=C(C(=O)CCC2)[C@H]1c1cc(I)c(OCc2ccc(Br)cc2)c(I)c1. The van der Waals surface area contributed by atoms with Crippen LogP contribution >= 0.6 is 61.1 Å². The first-order valence-corrected chi connectivity index (χ1v) is 13.1. The Morgan fingerprint density at radius 3 is 2.48 bits per heavy atom. The van der Waals surface area contributed by atoms with Crippen LogP contribution in [0.3, 0.4) is 0 Å². The molecular formula is C24H20BrI2NO5. The zero-order chi connectivity index (χ0) is 23.7. The minimum atomic E-state index is -0.642. The number of halogens is 3. The molecule has 0 radical (unpaired) electrons. The molecule has 33 heavy (non-hydrogen) atoms. The van der Waals surface area contributed by atoms with Crippen LogP contribution in [0.1, 0.15) is 36.3 Å². The van der Waals surface area contributed by atoms with Gasteiger partial charge in [-0.15, -0.1) is 0 Å². The molecule has 1 aliphatic heterocycles. The number of ether oxygens (including phenoxy) is 3. The van der Waals surface area contributed by atoms with Gasteiger partial charge in [0, 0.05) is 22.9 Å². The van der Waals surface area contributed by atoms with Crippen LogP contribution in [0.2, 0.25) is 0 Å². The molecule has 172 valence electrons. The molecule has 1 atom stereocenters. The fourth-order valence-corrected chi connectivity index (χ4v) is 6.41. The van der Waals surface area contributed by atoms with E-state index < -0.39 is 11.9 Å². The summed E-state index contributed by atoms with van der Waals surface area (Å²) in [5.74, 6) is -0.00571. The van der Waals surface area contributed by atoms with Crippen LogP contribution in [0.15, 0.2) is 63.7 Å². The number of rotatable bonds is 5. The van der Waals surface area contributed by atoms with E-state index >= 15 is 0 Å². The summed E-state index contributed by atoms with van der Waals surface area (Å²) in [5.41, 5.74) is 8.61. The van der Waals surface area contributed by atoms with Gasteiger partial charge in [0.25, 0.3) is 0 Å². The second-order valence-corrected chi connectivity index (χ2v) is 10.9. The predicted molar refractivity (Wildman–Crippen MR) is 143 cm³/mol. The van der Waals surface area contributed by atoms with E-state index in [2.05, 4.69) is 61.1 Å². The van der Waals surface area contributed by atoms with Gasteiger partial charge in [0.2, 0.25) is 5.88 Å². The Kier molecular flexibility index (Phi) is 7.69. The minimum absolute atomic E-state index is 0.0131. The molecule has 9 heteroatoms. The second-order valence-electron chi connectivity index (χ2n) is 7.65. The summed E-state index contributed by atoms with van der Waals surface area (Å²) in [5, 5.41) is 0. The normalized spacial score (nSPS) is 18.1. The maximum Gasteiger partial charge on any atom is 0.340 e. The Hall–Kier alpha value is -1.60. The van der Waals surface area contributed by atoms with E-state index in [0.717, 1.165) is 28.5 Å². The van der Waals surface area contributed by atoms with Crippen molar-refractivity contribution in [3.05, 3.63) is 81.9 Å². The topological polar surface area (TPSA) is 87.9 Å². The Morgan fingerprint density at radius 2 is 1.85 bits per heavy atom. The average Bonchev–Trinajstić information content (AvgIpc) is 2.78. The van der Waals surface area contributed by atoms with Crippen LogP contribution in [0, 0.1) is 7.14 Å². The number of esters is 1. The van der Waals surface area contributed by atoms with Gasteiger partial charge in [-0.2, -0.15) is 0 Å². The molecule has 2 N–H and O–H groups in total. The van der Waals surface area contributed by atoms with E-state index in [9.17, 15) is 9.59 Å². The van der Waals surface area contributed by atoms with Crippen molar-refractivity contribution < 1.29 is 23.8 Å². The number of benzene rings is 2. The van der Waals surface area contributed by atoms with E-state index in [1.165, 1.54) is 7.11 Å². The van der Waals surface area contributed by atoms with Crippen molar-refractivity contribution >= 4 is 72.9 Å². The van der Waals surface area contributed by atoms with Gasteiger partial charge in [-0.05, 0) is 87.0 Å². The lowest BCUT2D eigenvalue weighted by atomic mass is 9.77. The van der Waals surface area contributed by atoms with Gasteiger partial charge in [0.05, 0.1) is 20.2 Å². The van der Waals surface area contributed by atoms with Gasteiger partial charge in [0.1, 0.15) is 23.7 Å². The third-order valence-electron chi connectivity index (χ3n) is 5.54. The summed E-state index contributed by atoms with van der Waals surface area (Å²) in [4.78, 5) is 25.6. The molecule has 0 aromatic heterocycles. The number of carbonyl (C=O) groups is 2. The predicted octanol–water partition coefficient (Wildman–Crippen LogP) is 5.70. The Balaban J connectivity index is 1.73. The number of nitrogens with two attached hydrogens (primary N) is 1. The summed E-state index contributed by atoms with van der Waals surface area (Å²) < 4.78 is 19.6. The van der Waals surface area contributed by atoms with Crippen molar-refractivity contribution in [1.82, 2.24) is 0 Å². The molecular weight excluding hydrogens is 716 g/mol. The summed E-state index contributed by atoms with van der Waals surface area (Å²) in [6, 6.07) is 11.8. The number of methoxy groups -OCH3 is 1. The van der Waals surface area contributed by atoms with Crippen LogP contribution in [0.25, 0.3) is 0 Å². The van der Waals surface area contributed by atoms with E-state index in [0.29, 0.717) is 37.2 Å². The van der Waals surface area contributed by atoms with E-state index in [1.54, 1.807) is 0 Å². The molecule has 0 unspecified atom stereocenters. The first kappa shape index (κ1) is 24.5. The zero-order valence-electron chi connectivity index (χ0n) is 17.6. The standard InChI is InChI=1S/C24H20BrI2NO5/c1-31-24(30)21-19(20-17(29)3-2-4-18(20)33-23(21)28)13-9-15(26)22(16(27)10-13)32-11-12-5-7-14(25)8-6-12/h5-10,19H,2-4,11,28H2,1H3/t19-/m1/s1. The first-order chi connectivity index (χ1) is 15.8. The molecule has 2 aromatic carbocycles. The molecule has 2 aromatic rings. The minimum Gasteiger partial charge on any atom is -0.487 e. The maximum absolute atomic E-state index is 12.9. The van der Waals surface area contributed by atoms with Gasteiger partial charge >= 0.3 is 5.97 Å². The fraction of sp³-hybridized carbons (Fsp3) is 0.250. The van der Waals surface area contributed by atoms with Crippen LogP contribution < -0.4 is 10.5 Å². The van der Waals surface area contributed by atoms with Gasteiger partial charge in [-0.3, -0.25) is 4.79 Å². The van der Waals surface area contributed by atoms with Crippen molar-refractivity contribution in [1.29, 1.82) is 0 Å². The Bertz CT molecular complexity index is 1170. The molecule has 0 amide bonds. The summed E-state index contributed by atoms with van der Waals surface area (Å²) in [6.45, 7) is 0.421. The van der Waals surface area contributed by atoms with Crippen LogP contribution in [0.5, 0.6) is 5.75 Å². The van der Waals surface area contributed by atoms with Crippen molar-refractivity contribution in [3.8, 4) is 5.75 Å². The Morgan fingerprint density at radius 1 is 1.18 bits per heavy atom. The van der Waals surface area contributed by atoms with Crippen molar-refractivity contribution in [2.24, 2.45) is 5.73 Å². The first-order valence-electron chi connectivity index (χ1n) is 10.2. The largest absolute Gasteiger partial charge is 0.487 e. The van der Waals surface area contributed by atoms with E-state index in [1.807, 2.05) is 36.4 Å². The van der Waals surface area contributed by atoms with Crippen LogP contribution in [-0.4, -0.2) is 18.9 Å². The van der Waals surface area contributed by atoms with Crippen LogP contribution in [0.4, 0.5) is 0 Å². The molecule has 0 fully saturated rings. The third-order valence-corrected chi connectivity index (χ3v) is 7.67.